The van der Waals surface area contributed by atoms with Gasteiger partial charge in [-0.15, -0.1) is 0 Å². The van der Waals surface area contributed by atoms with Crippen LogP contribution >= 0.6 is 15.9 Å². The molecule has 0 radical (unpaired) electrons. The van der Waals surface area contributed by atoms with E-state index in [9.17, 15) is 9.59 Å². The maximum Gasteiger partial charge on any atom is 0.417 e. The third kappa shape index (κ3) is 9.59. The first kappa shape index (κ1) is 20.7. The van der Waals surface area contributed by atoms with Gasteiger partial charge >= 0.3 is 12.2 Å². The molecule has 0 unspecified atom stereocenters. The summed E-state index contributed by atoms with van der Waals surface area (Å²) in [5, 5.41) is 10.8. The van der Waals surface area contributed by atoms with Gasteiger partial charge in [0.05, 0.1) is 0 Å². The fraction of sp³-hybridized carbons (Fsp3) is 0.786. The van der Waals surface area contributed by atoms with Gasteiger partial charge in [-0.1, -0.05) is 15.9 Å². The van der Waals surface area contributed by atoms with Crippen molar-refractivity contribution in [3.63, 3.8) is 0 Å². The number of guanidine groups is 1. The first-order chi connectivity index (χ1) is 9.85. The first-order valence-electron chi connectivity index (χ1n) is 7.01. The lowest BCUT2D eigenvalue weighted by Crippen LogP contribution is -2.49. The van der Waals surface area contributed by atoms with E-state index >= 15 is 0 Å². The first-order valence-corrected chi connectivity index (χ1v) is 8.13. The fourth-order valence-corrected chi connectivity index (χ4v) is 1.55. The average molecular weight is 380 g/mol. The normalized spacial score (nSPS) is 11.6. The molecule has 0 fully saturated rings. The van der Waals surface area contributed by atoms with E-state index in [1.807, 2.05) is 0 Å². The fourth-order valence-electron chi connectivity index (χ4n) is 1.30. The van der Waals surface area contributed by atoms with Gasteiger partial charge in [-0.3, -0.25) is 10.7 Å². The predicted molar refractivity (Wildman–Crippen MR) is 88.4 cm³/mol. The van der Waals surface area contributed by atoms with E-state index in [1.165, 1.54) is 0 Å². The van der Waals surface area contributed by atoms with Gasteiger partial charge in [-0.2, -0.15) is 0 Å². The highest BCUT2D eigenvalue weighted by Gasteiger charge is 2.27. The van der Waals surface area contributed by atoms with Crippen molar-refractivity contribution in [1.82, 2.24) is 10.2 Å². The lowest BCUT2D eigenvalue weighted by atomic mass is 10.2. The summed E-state index contributed by atoms with van der Waals surface area (Å²) >= 11 is 3.27. The average Bonchev–Trinajstić information content (AvgIpc) is 2.23. The van der Waals surface area contributed by atoms with Crippen LogP contribution in [0.3, 0.4) is 0 Å². The Balaban J connectivity index is 4.84. The Labute approximate surface area is 140 Å². The zero-order valence-electron chi connectivity index (χ0n) is 14.1. The molecule has 7 nitrogen and oxygen atoms in total. The van der Waals surface area contributed by atoms with E-state index < -0.39 is 23.4 Å². The van der Waals surface area contributed by atoms with Gasteiger partial charge in [0.15, 0.2) is 0 Å². The van der Waals surface area contributed by atoms with Gasteiger partial charge in [0.25, 0.3) is 0 Å². The molecule has 0 bridgehead atoms. The van der Waals surface area contributed by atoms with Gasteiger partial charge in [0.2, 0.25) is 5.96 Å². The van der Waals surface area contributed by atoms with Crippen LogP contribution in [0.2, 0.25) is 0 Å². The van der Waals surface area contributed by atoms with Crippen molar-refractivity contribution in [2.75, 3.05) is 11.9 Å². The molecule has 0 spiro atoms. The molecule has 0 aromatic carbocycles. The number of halogens is 1. The van der Waals surface area contributed by atoms with Gasteiger partial charge in [0.1, 0.15) is 11.2 Å². The lowest BCUT2D eigenvalue weighted by Gasteiger charge is -2.28. The van der Waals surface area contributed by atoms with Crippen molar-refractivity contribution in [2.24, 2.45) is 0 Å². The SMILES string of the molecule is CC(C)(C)OC(=O)NC(=N)N(CCCBr)C(=O)OC(C)(C)C. The number of carbonyl (C=O) groups excluding carboxylic acids is 2. The molecule has 22 heavy (non-hydrogen) atoms. The van der Waals surface area contributed by atoms with Crippen LogP contribution < -0.4 is 5.32 Å². The third-order valence-corrected chi connectivity index (χ3v) is 2.58. The summed E-state index contributed by atoms with van der Waals surface area (Å²) in [5.41, 5.74) is -1.37. The Bertz CT molecular complexity index is 413. The number of amides is 2. The van der Waals surface area contributed by atoms with Crippen molar-refractivity contribution in [1.29, 1.82) is 5.41 Å². The largest absolute Gasteiger partial charge is 0.444 e. The Hall–Kier alpha value is -1.31. The van der Waals surface area contributed by atoms with Crippen LogP contribution in [0.1, 0.15) is 48.0 Å². The number of alkyl halides is 1. The van der Waals surface area contributed by atoms with Crippen molar-refractivity contribution >= 4 is 34.1 Å². The van der Waals surface area contributed by atoms with Gasteiger partial charge < -0.3 is 9.47 Å². The Morgan fingerprint density at radius 1 is 1.09 bits per heavy atom. The Morgan fingerprint density at radius 3 is 2.00 bits per heavy atom. The molecule has 0 aromatic heterocycles. The topological polar surface area (TPSA) is 91.7 Å². The van der Waals surface area contributed by atoms with E-state index in [0.29, 0.717) is 11.8 Å². The summed E-state index contributed by atoms with van der Waals surface area (Å²) in [5.74, 6) is -0.371. The van der Waals surface area contributed by atoms with E-state index in [1.54, 1.807) is 41.5 Å². The second-order valence-electron chi connectivity index (χ2n) is 6.65. The number of hydrogen-bond acceptors (Lipinski definition) is 5. The van der Waals surface area contributed by atoms with Crippen LogP contribution in [-0.4, -0.2) is 46.1 Å². The van der Waals surface area contributed by atoms with E-state index in [4.69, 9.17) is 14.9 Å². The minimum Gasteiger partial charge on any atom is -0.444 e. The minimum atomic E-state index is -0.787. The Morgan fingerprint density at radius 2 is 1.59 bits per heavy atom. The van der Waals surface area contributed by atoms with Crippen LogP contribution in [0, 0.1) is 5.41 Å². The molecule has 0 heterocycles. The van der Waals surface area contributed by atoms with Gasteiger partial charge in [-0.25, -0.2) is 14.5 Å². The standard InChI is InChI=1S/C14H26BrN3O4/c1-13(2,3)21-11(19)17-10(16)18(9-7-8-15)12(20)22-14(4,5)6/h7-9H2,1-6H3,(H2,16,17,19). The monoisotopic (exact) mass is 379 g/mol. The summed E-state index contributed by atoms with van der Waals surface area (Å²) in [6.07, 6.45) is -0.864. The number of hydrogen-bond donors (Lipinski definition) is 2. The molecule has 0 saturated heterocycles. The molecule has 128 valence electrons. The smallest absolute Gasteiger partial charge is 0.417 e. The third-order valence-electron chi connectivity index (χ3n) is 2.02. The highest BCUT2D eigenvalue weighted by molar-refractivity contribution is 9.09. The van der Waals surface area contributed by atoms with Crippen molar-refractivity contribution in [2.45, 2.75) is 59.2 Å². The molecule has 0 aromatic rings. The number of carbonyl (C=O) groups is 2. The van der Waals surface area contributed by atoms with E-state index in [-0.39, 0.29) is 12.5 Å². The molecule has 0 aliphatic rings. The lowest BCUT2D eigenvalue weighted by molar-refractivity contribution is 0.0358. The molecule has 0 rings (SSSR count). The Kier molecular flexibility index (Phi) is 7.86. The molecule has 0 atom stereocenters. The molecule has 2 N–H and O–H groups in total. The number of rotatable bonds is 3. The quantitative estimate of drug-likeness (QED) is 0.446. The van der Waals surface area contributed by atoms with Crippen LogP contribution in [0.5, 0.6) is 0 Å². The summed E-state index contributed by atoms with van der Waals surface area (Å²) < 4.78 is 10.3. The molecule has 8 heteroatoms. The summed E-state index contributed by atoms with van der Waals surface area (Å²) in [6.45, 7) is 10.6. The maximum atomic E-state index is 12.1. The summed E-state index contributed by atoms with van der Waals surface area (Å²) in [7, 11) is 0. The molecular weight excluding hydrogens is 354 g/mol. The van der Waals surface area contributed by atoms with Crippen molar-refractivity contribution in [3.8, 4) is 0 Å². The second-order valence-corrected chi connectivity index (χ2v) is 7.44. The zero-order valence-corrected chi connectivity index (χ0v) is 15.7. The van der Waals surface area contributed by atoms with Gasteiger partial charge in [-0.05, 0) is 48.0 Å². The number of nitrogens with one attached hydrogen (secondary N) is 2. The van der Waals surface area contributed by atoms with Crippen LogP contribution in [0.25, 0.3) is 0 Å². The van der Waals surface area contributed by atoms with E-state index in [0.717, 1.165) is 4.90 Å². The molecule has 0 saturated carbocycles. The summed E-state index contributed by atoms with van der Waals surface area (Å²) in [6, 6.07) is 0. The number of alkyl carbamates (subject to hydrolysis) is 1. The highest BCUT2D eigenvalue weighted by Crippen LogP contribution is 2.11. The minimum absolute atomic E-state index is 0.245. The molecular formula is C14H26BrN3O4. The molecule has 2 amide bonds. The van der Waals surface area contributed by atoms with Crippen LogP contribution in [0.4, 0.5) is 9.59 Å². The molecule has 0 aliphatic heterocycles. The van der Waals surface area contributed by atoms with Crippen molar-refractivity contribution in [3.05, 3.63) is 0 Å². The summed E-state index contributed by atoms with van der Waals surface area (Å²) in [4.78, 5) is 24.9. The zero-order chi connectivity index (χ0) is 17.6. The maximum absolute atomic E-state index is 12.1. The number of nitrogens with zero attached hydrogens (tertiary/aromatic N) is 1. The second kappa shape index (κ2) is 8.36. The molecule has 0 aliphatic carbocycles. The van der Waals surface area contributed by atoms with E-state index in [2.05, 4.69) is 21.2 Å². The number of ether oxygens (including phenoxy) is 2. The van der Waals surface area contributed by atoms with Crippen LogP contribution in [0.15, 0.2) is 0 Å². The predicted octanol–water partition coefficient (Wildman–Crippen LogP) is 3.47. The van der Waals surface area contributed by atoms with Crippen molar-refractivity contribution < 1.29 is 19.1 Å². The highest BCUT2D eigenvalue weighted by atomic mass is 79.9. The van der Waals surface area contributed by atoms with Crippen LogP contribution in [-0.2, 0) is 9.47 Å². The van der Waals surface area contributed by atoms with Gasteiger partial charge in [0, 0.05) is 11.9 Å².